The highest BCUT2D eigenvalue weighted by atomic mass is 16.5. The molecule has 1 aliphatic heterocycles. The maximum absolute atomic E-state index is 12.8. The van der Waals surface area contributed by atoms with Crippen LogP contribution in [0.2, 0.25) is 0 Å². The molecule has 1 heterocycles. The van der Waals surface area contributed by atoms with Crippen molar-refractivity contribution in [1.82, 2.24) is 10.2 Å². The number of anilines is 1. The van der Waals surface area contributed by atoms with Crippen molar-refractivity contribution < 1.29 is 29.0 Å². The van der Waals surface area contributed by atoms with Gasteiger partial charge in [0.25, 0.3) is 0 Å². The van der Waals surface area contributed by atoms with E-state index in [2.05, 4.69) is 15.4 Å². The van der Waals surface area contributed by atoms with Crippen molar-refractivity contribution in [2.75, 3.05) is 19.0 Å². The molecule has 28 heavy (non-hydrogen) atoms. The van der Waals surface area contributed by atoms with E-state index in [0.29, 0.717) is 30.6 Å². The smallest absolute Gasteiger partial charge is 0.337 e. The van der Waals surface area contributed by atoms with Crippen molar-refractivity contribution in [3.05, 3.63) is 29.8 Å². The highest BCUT2D eigenvalue weighted by molar-refractivity contribution is 5.95. The van der Waals surface area contributed by atoms with E-state index in [4.69, 9.17) is 0 Å². The van der Waals surface area contributed by atoms with Gasteiger partial charge in [-0.1, -0.05) is 13.8 Å². The van der Waals surface area contributed by atoms with Crippen LogP contribution in [0.15, 0.2) is 24.3 Å². The van der Waals surface area contributed by atoms with Crippen molar-refractivity contribution in [3.63, 3.8) is 0 Å². The lowest BCUT2D eigenvalue weighted by molar-refractivity contribution is -0.149. The van der Waals surface area contributed by atoms with Gasteiger partial charge in [-0.25, -0.2) is 14.4 Å². The average Bonchev–Trinajstić information content (AvgIpc) is 3.15. The van der Waals surface area contributed by atoms with Gasteiger partial charge in [0.05, 0.1) is 12.7 Å². The van der Waals surface area contributed by atoms with Gasteiger partial charge in [0, 0.05) is 12.2 Å². The van der Waals surface area contributed by atoms with Crippen LogP contribution in [-0.2, 0) is 14.3 Å². The number of carboxylic acids is 1. The number of nitrogens with zero attached hydrogens (tertiary/aromatic N) is 1. The Morgan fingerprint density at radius 3 is 2.36 bits per heavy atom. The number of amides is 3. The topological polar surface area (TPSA) is 125 Å². The fourth-order valence-electron chi connectivity index (χ4n) is 3.10. The molecule has 9 nitrogen and oxygen atoms in total. The molecule has 2 rings (SSSR count). The van der Waals surface area contributed by atoms with E-state index in [1.54, 1.807) is 26.0 Å². The maximum atomic E-state index is 12.8. The van der Waals surface area contributed by atoms with Gasteiger partial charge >= 0.3 is 18.0 Å². The summed E-state index contributed by atoms with van der Waals surface area (Å²) in [5.41, 5.74) is 0.780. The molecular weight excluding hydrogens is 366 g/mol. The minimum Gasteiger partial charge on any atom is -0.480 e. The molecule has 1 fully saturated rings. The molecular formula is C19H25N3O6. The van der Waals surface area contributed by atoms with E-state index < -0.39 is 36.0 Å². The van der Waals surface area contributed by atoms with E-state index in [1.165, 1.54) is 24.1 Å². The number of esters is 1. The number of carboxylic acid groups (broad SMARTS) is 1. The van der Waals surface area contributed by atoms with Crippen LogP contribution in [0.5, 0.6) is 0 Å². The maximum Gasteiger partial charge on any atom is 0.337 e. The van der Waals surface area contributed by atoms with Crippen molar-refractivity contribution in [3.8, 4) is 0 Å². The number of carbonyl (C=O) groups is 4. The summed E-state index contributed by atoms with van der Waals surface area (Å²) in [7, 11) is 1.28. The predicted octanol–water partition coefficient (Wildman–Crippen LogP) is 1.69. The van der Waals surface area contributed by atoms with Crippen molar-refractivity contribution in [2.45, 2.75) is 38.8 Å². The van der Waals surface area contributed by atoms with Crippen LogP contribution in [0.1, 0.15) is 37.0 Å². The quantitative estimate of drug-likeness (QED) is 0.634. The fourth-order valence-corrected chi connectivity index (χ4v) is 3.10. The minimum absolute atomic E-state index is 0.227. The highest BCUT2D eigenvalue weighted by Crippen LogP contribution is 2.20. The molecule has 1 saturated heterocycles. The summed E-state index contributed by atoms with van der Waals surface area (Å²) in [6.07, 6.45) is 1.02. The summed E-state index contributed by atoms with van der Waals surface area (Å²) in [6.45, 7) is 3.91. The standard InChI is InChI=1S/C19H25N3O6/c1-11(2)15(16(23)22-10-4-5-14(22)17(24)25)21-19(27)20-13-8-6-12(7-9-13)18(26)28-3/h6-9,11,14-15H,4-5,10H2,1-3H3,(H,24,25)(H2,20,21,27)/t14-,15-/m0/s1. The number of carbonyl (C=O) groups excluding carboxylic acids is 3. The van der Waals surface area contributed by atoms with E-state index >= 15 is 0 Å². The van der Waals surface area contributed by atoms with Crippen LogP contribution in [0.4, 0.5) is 10.5 Å². The first-order chi connectivity index (χ1) is 13.2. The summed E-state index contributed by atoms with van der Waals surface area (Å²) in [4.78, 5) is 49.2. The van der Waals surface area contributed by atoms with E-state index in [9.17, 15) is 24.3 Å². The number of hydrogen-bond donors (Lipinski definition) is 3. The summed E-state index contributed by atoms with van der Waals surface area (Å²) < 4.78 is 4.61. The zero-order valence-electron chi connectivity index (χ0n) is 16.1. The summed E-state index contributed by atoms with van der Waals surface area (Å²) in [6, 6.07) is 3.79. The van der Waals surface area contributed by atoms with Gasteiger partial charge < -0.3 is 25.4 Å². The summed E-state index contributed by atoms with van der Waals surface area (Å²) >= 11 is 0. The summed E-state index contributed by atoms with van der Waals surface area (Å²) in [5.74, 6) is -2.16. The third-order valence-corrected chi connectivity index (χ3v) is 4.60. The lowest BCUT2D eigenvalue weighted by atomic mass is 10.0. The number of ether oxygens (including phenoxy) is 1. The van der Waals surface area contributed by atoms with Crippen LogP contribution in [0.3, 0.4) is 0 Å². The minimum atomic E-state index is -1.04. The Labute approximate surface area is 163 Å². The molecule has 0 aromatic heterocycles. The van der Waals surface area contributed by atoms with Gasteiger partial charge in [-0.3, -0.25) is 4.79 Å². The second-order valence-electron chi connectivity index (χ2n) is 6.92. The Kier molecular flexibility index (Phi) is 6.97. The molecule has 0 spiro atoms. The second-order valence-corrected chi connectivity index (χ2v) is 6.92. The lowest BCUT2D eigenvalue weighted by Gasteiger charge is -2.29. The molecule has 0 radical (unpaired) electrons. The van der Waals surface area contributed by atoms with Gasteiger partial charge in [0.1, 0.15) is 12.1 Å². The number of methoxy groups -OCH3 is 1. The first-order valence-electron chi connectivity index (χ1n) is 9.03. The zero-order chi connectivity index (χ0) is 20.8. The van der Waals surface area contributed by atoms with Gasteiger partial charge in [0.2, 0.25) is 5.91 Å². The van der Waals surface area contributed by atoms with Gasteiger partial charge in [0.15, 0.2) is 0 Å². The van der Waals surface area contributed by atoms with Crippen LogP contribution >= 0.6 is 0 Å². The normalized spacial score (nSPS) is 17.1. The molecule has 3 N–H and O–H groups in total. The molecule has 9 heteroatoms. The Morgan fingerprint density at radius 1 is 1.18 bits per heavy atom. The lowest BCUT2D eigenvalue weighted by Crippen LogP contribution is -2.54. The van der Waals surface area contributed by atoms with E-state index in [0.717, 1.165) is 0 Å². The molecule has 0 aliphatic carbocycles. The van der Waals surface area contributed by atoms with Crippen LogP contribution < -0.4 is 10.6 Å². The number of nitrogens with one attached hydrogen (secondary N) is 2. The molecule has 0 bridgehead atoms. The Hall–Kier alpha value is -3.10. The number of aliphatic carboxylic acids is 1. The largest absolute Gasteiger partial charge is 0.480 e. The number of rotatable bonds is 6. The van der Waals surface area contributed by atoms with Crippen molar-refractivity contribution >= 4 is 29.6 Å². The molecule has 3 amide bonds. The average molecular weight is 391 g/mol. The van der Waals surface area contributed by atoms with Crippen LogP contribution in [0, 0.1) is 5.92 Å². The first-order valence-corrected chi connectivity index (χ1v) is 9.03. The molecule has 1 aromatic carbocycles. The number of likely N-dealkylation sites (tertiary alicyclic amines) is 1. The number of urea groups is 1. The first kappa shape index (κ1) is 21.2. The Balaban J connectivity index is 2.03. The summed E-state index contributed by atoms with van der Waals surface area (Å²) in [5, 5.41) is 14.5. The molecule has 0 saturated carbocycles. The SMILES string of the molecule is COC(=O)c1ccc(NC(=O)N[C@H](C(=O)N2CCC[C@H]2C(=O)O)C(C)C)cc1. The Morgan fingerprint density at radius 2 is 1.82 bits per heavy atom. The van der Waals surface area contributed by atoms with E-state index in [-0.39, 0.29) is 5.92 Å². The number of benzene rings is 1. The molecule has 2 atom stereocenters. The number of hydrogen-bond acceptors (Lipinski definition) is 5. The van der Waals surface area contributed by atoms with Gasteiger partial charge in [-0.2, -0.15) is 0 Å². The molecule has 152 valence electrons. The molecule has 0 unspecified atom stereocenters. The van der Waals surface area contributed by atoms with Crippen LogP contribution in [0.25, 0.3) is 0 Å². The zero-order valence-corrected chi connectivity index (χ0v) is 16.1. The van der Waals surface area contributed by atoms with Crippen LogP contribution in [-0.4, -0.2) is 59.6 Å². The monoisotopic (exact) mass is 391 g/mol. The van der Waals surface area contributed by atoms with E-state index in [1.807, 2.05) is 0 Å². The fraction of sp³-hybridized carbons (Fsp3) is 0.474. The van der Waals surface area contributed by atoms with Crippen molar-refractivity contribution in [2.24, 2.45) is 5.92 Å². The van der Waals surface area contributed by atoms with Gasteiger partial charge in [-0.05, 0) is 43.0 Å². The predicted molar refractivity (Wildman–Crippen MR) is 101 cm³/mol. The molecule has 1 aliphatic rings. The third-order valence-electron chi connectivity index (χ3n) is 4.60. The van der Waals surface area contributed by atoms with Crippen molar-refractivity contribution in [1.29, 1.82) is 0 Å². The second kappa shape index (κ2) is 9.20. The Bertz CT molecular complexity index is 747. The van der Waals surface area contributed by atoms with Gasteiger partial charge in [-0.15, -0.1) is 0 Å². The highest BCUT2D eigenvalue weighted by Gasteiger charge is 2.38. The molecule has 1 aromatic rings. The third kappa shape index (κ3) is 4.99.